The van der Waals surface area contributed by atoms with Gasteiger partial charge in [0, 0.05) is 10.3 Å². The van der Waals surface area contributed by atoms with Crippen LogP contribution in [0.1, 0.15) is 36.2 Å². The van der Waals surface area contributed by atoms with E-state index in [9.17, 15) is 4.79 Å². The summed E-state index contributed by atoms with van der Waals surface area (Å²) < 4.78 is 5.58. The van der Waals surface area contributed by atoms with Gasteiger partial charge in [-0.3, -0.25) is 4.79 Å². The zero-order chi connectivity index (χ0) is 17.1. The Morgan fingerprint density at radius 3 is 2.75 bits per heavy atom. The fourth-order valence-corrected chi connectivity index (χ4v) is 4.20. The molecule has 0 saturated heterocycles. The van der Waals surface area contributed by atoms with E-state index in [0.717, 1.165) is 22.2 Å². The Bertz CT molecular complexity index is 803. The van der Waals surface area contributed by atoms with Crippen LogP contribution in [0, 0.1) is 12.8 Å². The highest BCUT2D eigenvalue weighted by molar-refractivity contribution is 7.13. The molecule has 3 heterocycles. The molecule has 0 spiro atoms. The van der Waals surface area contributed by atoms with Crippen molar-refractivity contribution in [2.45, 2.75) is 33.2 Å². The lowest BCUT2D eigenvalue weighted by Crippen LogP contribution is -2.32. The number of carbonyl (C=O) groups is 1. The quantitative estimate of drug-likeness (QED) is 0.685. The number of thiazole rings is 1. The maximum Gasteiger partial charge on any atom is 0.226 e. The molecule has 1 N–H and O–H groups in total. The predicted octanol–water partition coefficient (Wildman–Crippen LogP) is 4.83. The Morgan fingerprint density at radius 2 is 2.12 bits per heavy atom. The molecule has 3 rings (SSSR count). The van der Waals surface area contributed by atoms with Gasteiger partial charge in [-0.1, -0.05) is 19.9 Å². The molecule has 0 aromatic carbocycles. The number of amides is 1. The van der Waals surface area contributed by atoms with Crippen molar-refractivity contribution in [3.63, 3.8) is 0 Å². The van der Waals surface area contributed by atoms with Gasteiger partial charge in [-0.2, -0.15) is 0 Å². The Hall–Kier alpha value is -1.92. The van der Waals surface area contributed by atoms with E-state index in [2.05, 4.69) is 30.2 Å². The minimum atomic E-state index is -0.00502. The molecule has 0 radical (unpaired) electrons. The van der Waals surface area contributed by atoms with E-state index in [4.69, 9.17) is 4.42 Å². The highest BCUT2D eigenvalue weighted by Gasteiger charge is 2.20. The van der Waals surface area contributed by atoms with Gasteiger partial charge >= 0.3 is 0 Å². The highest BCUT2D eigenvalue weighted by Crippen LogP contribution is 2.27. The number of aryl methyl sites for hydroxylation is 1. The molecular weight excluding hydrogens is 340 g/mol. The second-order valence-electron chi connectivity index (χ2n) is 6.04. The molecule has 4 nitrogen and oxygen atoms in total. The summed E-state index contributed by atoms with van der Waals surface area (Å²) in [6, 6.07) is 7.94. The second kappa shape index (κ2) is 7.32. The van der Waals surface area contributed by atoms with Crippen LogP contribution < -0.4 is 5.32 Å². The molecule has 0 saturated carbocycles. The number of nitrogens with one attached hydrogen (secondary N) is 1. The Balaban J connectivity index is 1.65. The minimum Gasteiger partial charge on any atom is -0.459 e. The van der Waals surface area contributed by atoms with Gasteiger partial charge in [-0.05, 0) is 36.4 Å². The first-order chi connectivity index (χ1) is 11.5. The predicted molar refractivity (Wildman–Crippen MR) is 98.3 cm³/mol. The zero-order valence-corrected chi connectivity index (χ0v) is 15.5. The summed E-state index contributed by atoms with van der Waals surface area (Å²) in [4.78, 5) is 18.1. The van der Waals surface area contributed by atoms with Gasteiger partial charge in [0.1, 0.15) is 5.76 Å². The summed E-state index contributed by atoms with van der Waals surface area (Å²) in [7, 11) is 0. The van der Waals surface area contributed by atoms with Crippen molar-refractivity contribution in [3.05, 3.63) is 51.4 Å². The summed E-state index contributed by atoms with van der Waals surface area (Å²) >= 11 is 3.17. The van der Waals surface area contributed by atoms with Crippen LogP contribution in [0.2, 0.25) is 0 Å². The van der Waals surface area contributed by atoms with Crippen LogP contribution in [0.15, 0.2) is 39.4 Å². The zero-order valence-electron chi connectivity index (χ0n) is 13.9. The van der Waals surface area contributed by atoms with Crippen LogP contribution in [0.5, 0.6) is 0 Å². The molecule has 1 amide bonds. The molecule has 0 fully saturated rings. The average molecular weight is 361 g/mol. The van der Waals surface area contributed by atoms with E-state index < -0.39 is 0 Å². The number of thiophene rings is 1. The summed E-state index contributed by atoms with van der Waals surface area (Å²) in [5.74, 6) is 1.94. The van der Waals surface area contributed by atoms with Gasteiger partial charge in [0.2, 0.25) is 5.91 Å². The number of rotatable bonds is 6. The van der Waals surface area contributed by atoms with Crippen molar-refractivity contribution in [2.24, 2.45) is 5.92 Å². The van der Waals surface area contributed by atoms with E-state index >= 15 is 0 Å². The lowest BCUT2D eigenvalue weighted by atomic mass is 10.0. The topological polar surface area (TPSA) is 55.1 Å². The Labute approximate surface area is 149 Å². The normalized spacial score (nSPS) is 12.5. The summed E-state index contributed by atoms with van der Waals surface area (Å²) in [5.41, 5.74) is 0.773. The number of carbonyl (C=O) groups excluding carboxylic acids is 1. The van der Waals surface area contributed by atoms with Crippen molar-refractivity contribution in [1.82, 2.24) is 10.3 Å². The molecule has 3 aromatic rings. The smallest absolute Gasteiger partial charge is 0.226 e. The van der Waals surface area contributed by atoms with Crippen molar-refractivity contribution in [3.8, 4) is 10.8 Å². The fourth-order valence-electron chi connectivity index (χ4n) is 2.47. The average Bonchev–Trinajstić information content (AvgIpc) is 3.25. The van der Waals surface area contributed by atoms with E-state index in [0.29, 0.717) is 5.92 Å². The van der Waals surface area contributed by atoms with Crippen LogP contribution in [0.25, 0.3) is 10.8 Å². The molecule has 0 unspecified atom stereocenters. The third-order valence-electron chi connectivity index (χ3n) is 3.68. The third kappa shape index (κ3) is 3.94. The fraction of sp³-hybridized carbons (Fsp3) is 0.333. The molecule has 3 aromatic heterocycles. The van der Waals surface area contributed by atoms with Gasteiger partial charge in [-0.25, -0.2) is 4.98 Å². The number of nitrogens with zero attached hydrogens (tertiary/aromatic N) is 1. The van der Waals surface area contributed by atoms with E-state index in [1.54, 1.807) is 11.3 Å². The maximum absolute atomic E-state index is 12.4. The van der Waals surface area contributed by atoms with Gasteiger partial charge in [0.15, 0.2) is 10.8 Å². The van der Waals surface area contributed by atoms with E-state index in [-0.39, 0.29) is 18.4 Å². The number of aromatic nitrogens is 1. The van der Waals surface area contributed by atoms with Gasteiger partial charge in [0.05, 0.1) is 18.2 Å². The van der Waals surface area contributed by atoms with Gasteiger partial charge < -0.3 is 9.73 Å². The summed E-state index contributed by atoms with van der Waals surface area (Å²) in [6.45, 7) is 6.14. The highest BCUT2D eigenvalue weighted by atomic mass is 32.1. The van der Waals surface area contributed by atoms with E-state index in [1.807, 2.05) is 35.9 Å². The van der Waals surface area contributed by atoms with Crippen molar-refractivity contribution >= 4 is 28.6 Å². The molecule has 6 heteroatoms. The standard InChI is InChI=1S/C18H20N2O2S2/c1-11(2)17(15-5-4-8-23-15)20-16(21)9-13-10-24-18(19-13)14-7-6-12(3)22-14/h4-8,10-11,17H,9H2,1-3H3,(H,20,21)/t17-/m0/s1. The molecule has 24 heavy (non-hydrogen) atoms. The lowest BCUT2D eigenvalue weighted by molar-refractivity contribution is -0.121. The third-order valence-corrected chi connectivity index (χ3v) is 5.54. The number of hydrogen-bond acceptors (Lipinski definition) is 5. The molecule has 0 aliphatic heterocycles. The molecular formula is C18H20N2O2S2. The Kier molecular flexibility index (Phi) is 5.16. The molecule has 126 valence electrons. The van der Waals surface area contributed by atoms with Crippen LogP contribution >= 0.6 is 22.7 Å². The molecule has 1 atom stereocenters. The lowest BCUT2D eigenvalue weighted by Gasteiger charge is -2.21. The Morgan fingerprint density at radius 1 is 1.29 bits per heavy atom. The summed E-state index contributed by atoms with van der Waals surface area (Å²) in [5, 5.41) is 7.90. The second-order valence-corrected chi connectivity index (χ2v) is 7.87. The first kappa shape index (κ1) is 16.9. The summed E-state index contributed by atoms with van der Waals surface area (Å²) in [6.07, 6.45) is 0.283. The first-order valence-electron chi connectivity index (χ1n) is 7.87. The number of hydrogen-bond donors (Lipinski definition) is 1. The van der Waals surface area contributed by atoms with Gasteiger partial charge in [0.25, 0.3) is 0 Å². The molecule has 0 aliphatic rings. The van der Waals surface area contributed by atoms with Crippen LogP contribution in [-0.2, 0) is 11.2 Å². The monoisotopic (exact) mass is 360 g/mol. The van der Waals surface area contributed by atoms with Crippen LogP contribution in [-0.4, -0.2) is 10.9 Å². The van der Waals surface area contributed by atoms with Crippen LogP contribution in [0.3, 0.4) is 0 Å². The van der Waals surface area contributed by atoms with Crippen LogP contribution in [0.4, 0.5) is 0 Å². The van der Waals surface area contributed by atoms with Crippen molar-refractivity contribution < 1.29 is 9.21 Å². The molecule has 0 aliphatic carbocycles. The largest absolute Gasteiger partial charge is 0.459 e. The first-order valence-corrected chi connectivity index (χ1v) is 9.63. The van der Waals surface area contributed by atoms with Crippen molar-refractivity contribution in [1.29, 1.82) is 0 Å². The van der Waals surface area contributed by atoms with Gasteiger partial charge in [-0.15, -0.1) is 22.7 Å². The van der Waals surface area contributed by atoms with Crippen molar-refractivity contribution in [2.75, 3.05) is 0 Å². The maximum atomic E-state index is 12.4. The number of furan rings is 1. The molecule has 0 bridgehead atoms. The minimum absolute atomic E-state index is 0.00502. The van der Waals surface area contributed by atoms with E-state index in [1.165, 1.54) is 16.2 Å². The SMILES string of the molecule is Cc1ccc(-c2nc(CC(=O)N[C@H](c3cccs3)C(C)C)cs2)o1.